The van der Waals surface area contributed by atoms with Crippen molar-refractivity contribution in [1.29, 1.82) is 0 Å². The SMILES string of the molecule is Cc1cc(N=[N+]=[N-])c2ccccc2n1.O=C=O. The topological polar surface area (TPSA) is 95.8 Å². The first-order valence-electron chi connectivity index (χ1n) is 4.63. The van der Waals surface area contributed by atoms with Crippen molar-refractivity contribution in [3.05, 3.63) is 46.5 Å². The summed E-state index contributed by atoms with van der Waals surface area (Å²) in [7, 11) is 0. The number of hydrogen-bond donors (Lipinski definition) is 0. The normalized spacial score (nSPS) is 8.53. The standard InChI is InChI=1S/C10H8N4.CO2/c1-7-6-10(13-14-11)8-4-2-3-5-9(8)12-7;2-1-3/h2-6H,1H3;. The zero-order valence-corrected chi connectivity index (χ0v) is 8.99. The number of azide groups is 1. The van der Waals surface area contributed by atoms with Gasteiger partial charge in [0.25, 0.3) is 0 Å². The number of hydrogen-bond acceptors (Lipinski definition) is 4. The molecule has 1 heterocycles. The predicted octanol–water partition coefficient (Wildman–Crippen LogP) is 2.90. The van der Waals surface area contributed by atoms with Gasteiger partial charge in [0.2, 0.25) is 0 Å². The fourth-order valence-corrected chi connectivity index (χ4v) is 1.42. The fraction of sp³-hybridized carbons (Fsp3) is 0.0909. The predicted molar refractivity (Wildman–Crippen MR) is 60.3 cm³/mol. The number of rotatable bonds is 1. The van der Waals surface area contributed by atoms with Crippen molar-refractivity contribution in [1.82, 2.24) is 4.98 Å². The van der Waals surface area contributed by atoms with Crippen molar-refractivity contribution < 1.29 is 9.59 Å². The minimum atomic E-state index is 0.250. The Hall–Kier alpha value is -2.68. The second-order valence-corrected chi connectivity index (χ2v) is 3.07. The molecule has 84 valence electrons. The number of benzene rings is 1. The zero-order valence-electron chi connectivity index (χ0n) is 8.99. The highest BCUT2D eigenvalue weighted by Crippen LogP contribution is 2.25. The van der Waals surface area contributed by atoms with Gasteiger partial charge in [-0.3, -0.25) is 4.98 Å². The molecule has 0 fully saturated rings. The summed E-state index contributed by atoms with van der Waals surface area (Å²) < 4.78 is 0. The van der Waals surface area contributed by atoms with E-state index < -0.39 is 0 Å². The van der Waals surface area contributed by atoms with Crippen LogP contribution in [-0.2, 0) is 9.59 Å². The first kappa shape index (κ1) is 12.4. The molecule has 0 spiro atoms. The highest BCUT2D eigenvalue weighted by atomic mass is 16.2. The number of aromatic nitrogens is 1. The minimum Gasteiger partial charge on any atom is -0.253 e. The van der Waals surface area contributed by atoms with Gasteiger partial charge in [-0.05, 0) is 24.6 Å². The van der Waals surface area contributed by atoms with Gasteiger partial charge >= 0.3 is 6.15 Å². The maximum atomic E-state index is 8.41. The van der Waals surface area contributed by atoms with Gasteiger partial charge in [-0.2, -0.15) is 9.59 Å². The Bertz CT molecular complexity index is 612. The average Bonchev–Trinajstić information content (AvgIpc) is 2.30. The summed E-state index contributed by atoms with van der Waals surface area (Å²) in [5.74, 6) is 0. The molecule has 0 amide bonds. The van der Waals surface area contributed by atoms with E-state index in [1.54, 1.807) is 6.07 Å². The fourth-order valence-electron chi connectivity index (χ4n) is 1.42. The Balaban J connectivity index is 0.000000437. The molecular formula is C11H8N4O2. The summed E-state index contributed by atoms with van der Waals surface area (Å²) in [5, 5.41) is 4.52. The van der Waals surface area contributed by atoms with Gasteiger partial charge in [-0.15, -0.1) is 0 Å². The molecule has 2 rings (SSSR count). The number of pyridine rings is 1. The highest BCUT2D eigenvalue weighted by molar-refractivity contribution is 5.89. The lowest BCUT2D eigenvalue weighted by molar-refractivity contribution is -0.191. The van der Waals surface area contributed by atoms with Crippen LogP contribution in [0.1, 0.15) is 5.69 Å². The number of nitrogens with zero attached hydrogens (tertiary/aromatic N) is 4. The van der Waals surface area contributed by atoms with E-state index in [9.17, 15) is 0 Å². The summed E-state index contributed by atoms with van der Waals surface area (Å²) >= 11 is 0. The van der Waals surface area contributed by atoms with E-state index in [2.05, 4.69) is 15.0 Å². The summed E-state index contributed by atoms with van der Waals surface area (Å²) in [4.78, 5) is 23.4. The van der Waals surface area contributed by atoms with E-state index in [4.69, 9.17) is 15.1 Å². The van der Waals surface area contributed by atoms with Crippen LogP contribution in [0.3, 0.4) is 0 Å². The van der Waals surface area contributed by atoms with Crippen LogP contribution in [0.5, 0.6) is 0 Å². The van der Waals surface area contributed by atoms with Crippen LogP contribution in [0.2, 0.25) is 0 Å². The number of carbonyl (C=O) groups excluding carboxylic acids is 2. The second kappa shape index (κ2) is 6.02. The van der Waals surface area contributed by atoms with E-state index in [-0.39, 0.29) is 6.15 Å². The molecule has 0 bridgehead atoms. The van der Waals surface area contributed by atoms with Crippen molar-refractivity contribution in [3.8, 4) is 0 Å². The molecule has 0 saturated heterocycles. The van der Waals surface area contributed by atoms with E-state index in [0.717, 1.165) is 16.6 Å². The highest BCUT2D eigenvalue weighted by Gasteiger charge is 2.00. The molecule has 0 saturated carbocycles. The molecule has 0 unspecified atom stereocenters. The molecule has 0 radical (unpaired) electrons. The summed E-state index contributed by atoms with van der Waals surface area (Å²) in [6, 6.07) is 9.39. The minimum absolute atomic E-state index is 0.250. The monoisotopic (exact) mass is 228 g/mol. The molecule has 0 aliphatic heterocycles. The Morgan fingerprint density at radius 2 is 2.00 bits per heavy atom. The van der Waals surface area contributed by atoms with E-state index >= 15 is 0 Å². The van der Waals surface area contributed by atoms with Crippen LogP contribution in [0.4, 0.5) is 5.69 Å². The Morgan fingerprint density at radius 1 is 1.35 bits per heavy atom. The molecule has 0 aliphatic carbocycles. The van der Waals surface area contributed by atoms with E-state index in [1.165, 1.54) is 0 Å². The third-order valence-corrected chi connectivity index (χ3v) is 1.97. The Morgan fingerprint density at radius 3 is 2.65 bits per heavy atom. The first-order valence-corrected chi connectivity index (χ1v) is 4.63. The van der Waals surface area contributed by atoms with Gasteiger partial charge in [0.1, 0.15) is 0 Å². The van der Waals surface area contributed by atoms with Crippen molar-refractivity contribution in [3.63, 3.8) is 0 Å². The number of aryl methyl sites for hydroxylation is 1. The zero-order chi connectivity index (χ0) is 12.7. The molecule has 0 aliphatic rings. The molecule has 0 N–H and O–H groups in total. The van der Waals surface area contributed by atoms with Gasteiger partial charge in [-0.25, -0.2) is 0 Å². The summed E-state index contributed by atoms with van der Waals surface area (Å²) in [5.41, 5.74) is 10.8. The Labute approximate surface area is 96.5 Å². The van der Waals surface area contributed by atoms with Crippen LogP contribution in [0.15, 0.2) is 35.4 Å². The van der Waals surface area contributed by atoms with Gasteiger partial charge in [0.15, 0.2) is 0 Å². The molecule has 1 aromatic carbocycles. The average molecular weight is 228 g/mol. The maximum Gasteiger partial charge on any atom is 0.373 e. The maximum absolute atomic E-state index is 8.41. The van der Waals surface area contributed by atoms with Crippen molar-refractivity contribution in [2.75, 3.05) is 0 Å². The van der Waals surface area contributed by atoms with Gasteiger partial charge in [0, 0.05) is 21.7 Å². The number of fused-ring (bicyclic) bond motifs is 1. The first-order chi connectivity index (χ1) is 8.22. The van der Waals surface area contributed by atoms with Crippen molar-refractivity contribution in [2.24, 2.45) is 5.11 Å². The lowest BCUT2D eigenvalue weighted by Crippen LogP contribution is -1.82. The number of para-hydroxylation sites is 1. The smallest absolute Gasteiger partial charge is 0.253 e. The van der Waals surface area contributed by atoms with Crippen molar-refractivity contribution in [2.45, 2.75) is 6.92 Å². The van der Waals surface area contributed by atoms with E-state index in [1.807, 2.05) is 31.2 Å². The quantitative estimate of drug-likeness (QED) is 0.426. The van der Waals surface area contributed by atoms with Crippen LogP contribution < -0.4 is 0 Å². The lowest BCUT2D eigenvalue weighted by atomic mass is 10.2. The van der Waals surface area contributed by atoms with Gasteiger partial charge in [-0.1, -0.05) is 23.3 Å². The molecule has 1 aromatic heterocycles. The Kier molecular flexibility index (Phi) is 4.39. The van der Waals surface area contributed by atoms with Gasteiger partial charge < -0.3 is 0 Å². The second-order valence-electron chi connectivity index (χ2n) is 3.07. The molecule has 2 aromatic rings. The molecule has 6 nitrogen and oxygen atoms in total. The molecule has 6 heteroatoms. The van der Waals surface area contributed by atoms with Crippen LogP contribution in [-0.4, -0.2) is 11.1 Å². The van der Waals surface area contributed by atoms with Crippen LogP contribution in [0.25, 0.3) is 21.3 Å². The molecule has 17 heavy (non-hydrogen) atoms. The van der Waals surface area contributed by atoms with Gasteiger partial charge in [0.05, 0.1) is 5.52 Å². The van der Waals surface area contributed by atoms with Crippen molar-refractivity contribution >= 4 is 22.7 Å². The third-order valence-electron chi connectivity index (χ3n) is 1.97. The van der Waals surface area contributed by atoms with E-state index in [0.29, 0.717) is 5.69 Å². The summed E-state index contributed by atoms with van der Waals surface area (Å²) in [6.07, 6.45) is 0.250. The molecular weight excluding hydrogens is 220 g/mol. The van der Waals surface area contributed by atoms with Crippen LogP contribution >= 0.6 is 0 Å². The lowest BCUT2D eigenvalue weighted by Gasteiger charge is -2.01. The summed E-state index contributed by atoms with van der Waals surface area (Å²) in [6.45, 7) is 1.88. The largest absolute Gasteiger partial charge is 0.373 e. The van der Waals surface area contributed by atoms with Crippen LogP contribution in [0, 0.1) is 6.92 Å². The molecule has 0 atom stereocenters. The third kappa shape index (κ3) is 3.14.